The number of rotatable bonds is 6. The Balaban J connectivity index is 2.50. The minimum Gasteiger partial charge on any atom is -0.479 e. The van der Waals surface area contributed by atoms with E-state index in [4.69, 9.17) is 9.84 Å². The molecule has 0 heterocycles. The highest BCUT2D eigenvalue weighted by atomic mass is 19.1. The Kier molecular flexibility index (Phi) is 5.44. The quantitative estimate of drug-likeness (QED) is 0.844. The summed E-state index contributed by atoms with van der Waals surface area (Å²) in [5.41, 5.74) is 0.393. The SMILES string of the molecule is CC(OCC(=O)N(C)Cc1ccccc1F)C(=O)O. The van der Waals surface area contributed by atoms with E-state index in [9.17, 15) is 14.0 Å². The van der Waals surface area contributed by atoms with E-state index in [2.05, 4.69) is 0 Å². The van der Waals surface area contributed by atoms with E-state index in [1.54, 1.807) is 18.2 Å². The number of benzene rings is 1. The van der Waals surface area contributed by atoms with Crippen LogP contribution in [0.4, 0.5) is 4.39 Å². The number of carboxylic acids is 1. The smallest absolute Gasteiger partial charge is 0.332 e. The lowest BCUT2D eigenvalue weighted by Gasteiger charge is -2.18. The Morgan fingerprint density at radius 1 is 1.42 bits per heavy atom. The monoisotopic (exact) mass is 269 g/mol. The van der Waals surface area contributed by atoms with Crippen molar-refractivity contribution < 1.29 is 23.8 Å². The summed E-state index contributed by atoms with van der Waals surface area (Å²) in [6, 6.07) is 6.15. The number of likely N-dealkylation sites (N-methyl/N-ethyl adjacent to an activating group) is 1. The number of hydrogen-bond acceptors (Lipinski definition) is 3. The fourth-order valence-corrected chi connectivity index (χ4v) is 1.35. The normalized spacial score (nSPS) is 11.9. The van der Waals surface area contributed by atoms with Crippen LogP contribution >= 0.6 is 0 Å². The van der Waals surface area contributed by atoms with Gasteiger partial charge in [-0.05, 0) is 13.0 Å². The highest BCUT2D eigenvalue weighted by Crippen LogP contribution is 2.09. The van der Waals surface area contributed by atoms with Crippen molar-refractivity contribution in [2.45, 2.75) is 19.6 Å². The molecule has 1 unspecified atom stereocenters. The van der Waals surface area contributed by atoms with Crippen LogP contribution in [0, 0.1) is 5.82 Å². The van der Waals surface area contributed by atoms with Gasteiger partial charge in [-0.3, -0.25) is 4.79 Å². The van der Waals surface area contributed by atoms with Crippen molar-refractivity contribution in [2.75, 3.05) is 13.7 Å². The van der Waals surface area contributed by atoms with Gasteiger partial charge in [-0.2, -0.15) is 0 Å². The molecule has 1 aromatic carbocycles. The molecule has 0 aromatic heterocycles. The first-order valence-corrected chi connectivity index (χ1v) is 5.73. The molecule has 0 saturated carbocycles. The zero-order valence-corrected chi connectivity index (χ0v) is 10.8. The summed E-state index contributed by atoms with van der Waals surface area (Å²) in [6.45, 7) is 1.10. The molecule has 0 fully saturated rings. The summed E-state index contributed by atoms with van der Waals surface area (Å²) in [6.07, 6.45) is -1.05. The highest BCUT2D eigenvalue weighted by molar-refractivity contribution is 5.78. The van der Waals surface area contributed by atoms with Crippen LogP contribution < -0.4 is 0 Å². The van der Waals surface area contributed by atoms with Crippen molar-refractivity contribution in [3.05, 3.63) is 35.6 Å². The molecule has 1 aromatic rings. The number of carbonyl (C=O) groups excluding carboxylic acids is 1. The molecule has 1 atom stereocenters. The molecule has 0 aliphatic rings. The Morgan fingerprint density at radius 3 is 2.63 bits per heavy atom. The molecule has 0 aliphatic heterocycles. The van der Waals surface area contributed by atoms with Crippen LogP contribution in [0.2, 0.25) is 0 Å². The van der Waals surface area contributed by atoms with E-state index < -0.39 is 18.0 Å². The van der Waals surface area contributed by atoms with Gasteiger partial charge >= 0.3 is 5.97 Å². The minimum atomic E-state index is -1.13. The van der Waals surface area contributed by atoms with Gasteiger partial charge in [0.05, 0.1) is 0 Å². The maximum atomic E-state index is 13.4. The third kappa shape index (κ3) is 4.67. The number of nitrogens with zero attached hydrogens (tertiary/aromatic N) is 1. The van der Waals surface area contributed by atoms with Gasteiger partial charge in [0.1, 0.15) is 12.4 Å². The van der Waals surface area contributed by atoms with Gasteiger partial charge in [0.15, 0.2) is 6.10 Å². The molecule has 0 radical (unpaired) electrons. The highest BCUT2D eigenvalue weighted by Gasteiger charge is 2.16. The van der Waals surface area contributed by atoms with Gasteiger partial charge < -0.3 is 14.7 Å². The van der Waals surface area contributed by atoms with E-state index in [0.717, 1.165) is 0 Å². The van der Waals surface area contributed by atoms with Gasteiger partial charge in [0, 0.05) is 19.2 Å². The summed E-state index contributed by atoms with van der Waals surface area (Å²) >= 11 is 0. The Bertz CT molecular complexity index is 464. The summed E-state index contributed by atoms with van der Waals surface area (Å²) < 4.78 is 18.3. The molecule has 0 aliphatic carbocycles. The predicted octanol–water partition coefficient (Wildman–Crippen LogP) is 1.27. The van der Waals surface area contributed by atoms with Crippen LogP contribution in [0.15, 0.2) is 24.3 Å². The van der Waals surface area contributed by atoms with Gasteiger partial charge in [0.2, 0.25) is 5.91 Å². The van der Waals surface area contributed by atoms with Crippen LogP contribution in [0.25, 0.3) is 0 Å². The summed E-state index contributed by atoms with van der Waals surface area (Å²) in [5, 5.41) is 8.61. The van der Waals surface area contributed by atoms with Crippen LogP contribution in [0.3, 0.4) is 0 Å². The fraction of sp³-hybridized carbons (Fsp3) is 0.385. The molecule has 5 nitrogen and oxygen atoms in total. The topological polar surface area (TPSA) is 66.8 Å². The first-order valence-electron chi connectivity index (χ1n) is 5.73. The van der Waals surface area contributed by atoms with Crippen molar-refractivity contribution in [3.63, 3.8) is 0 Å². The number of ether oxygens (including phenoxy) is 1. The van der Waals surface area contributed by atoms with Crippen molar-refractivity contribution in [3.8, 4) is 0 Å². The second-order valence-electron chi connectivity index (χ2n) is 4.13. The van der Waals surface area contributed by atoms with Gasteiger partial charge in [-0.15, -0.1) is 0 Å². The average Bonchev–Trinajstić information content (AvgIpc) is 2.37. The Hall–Kier alpha value is -1.95. The molecular weight excluding hydrogens is 253 g/mol. The fourth-order valence-electron chi connectivity index (χ4n) is 1.35. The van der Waals surface area contributed by atoms with E-state index in [1.165, 1.54) is 24.9 Å². The first-order chi connectivity index (χ1) is 8.91. The van der Waals surface area contributed by atoms with Crippen LogP contribution in [-0.4, -0.2) is 41.6 Å². The molecule has 6 heteroatoms. The van der Waals surface area contributed by atoms with Crippen molar-refractivity contribution in [1.29, 1.82) is 0 Å². The molecule has 0 bridgehead atoms. The number of hydrogen-bond donors (Lipinski definition) is 1. The number of aliphatic carboxylic acids is 1. The maximum Gasteiger partial charge on any atom is 0.332 e. The van der Waals surface area contributed by atoms with Crippen LogP contribution in [-0.2, 0) is 20.9 Å². The zero-order valence-electron chi connectivity index (χ0n) is 10.8. The predicted molar refractivity (Wildman–Crippen MR) is 65.9 cm³/mol. The Labute approximate surface area is 110 Å². The number of carboxylic acid groups (broad SMARTS) is 1. The van der Waals surface area contributed by atoms with Crippen LogP contribution in [0.5, 0.6) is 0 Å². The van der Waals surface area contributed by atoms with E-state index >= 15 is 0 Å². The third-order valence-corrected chi connectivity index (χ3v) is 2.60. The summed E-state index contributed by atoms with van der Waals surface area (Å²) in [4.78, 5) is 23.5. The summed E-state index contributed by atoms with van der Waals surface area (Å²) in [7, 11) is 1.50. The van der Waals surface area contributed by atoms with Gasteiger partial charge in [-0.1, -0.05) is 18.2 Å². The Morgan fingerprint density at radius 2 is 2.05 bits per heavy atom. The first kappa shape index (κ1) is 15.1. The van der Waals surface area contributed by atoms with Crippen molar-refractivity contribution in [2.24, 2.45) is 0 Å². The van der Waals surface area contributed by atoms with Crippen molar-refractivity contribution >= 4 is 11.9 Å². The van der Waals surface area contributed by atoms with E-state index in [0.29, 0.717) is 5.56 Å². The molecule has 1 N–H and O–H groups in total. The standard InChI is InChI=1S/C13H16FNO4/c1-9(13(17)18)19-8-12(16)15(2)7-10-5-3-4-6-11(10)14/h3-6,9H,7-8H2,1-2H3,(H,17,18). The third-order valence-electron chi connectivity index (χ3n) is 2.60. The minimum absolute atomic E-state index is 0.107. The van der Waals surface area contributed by atoms with Crippen LogP contribution in [0.1, 0.15) is 12.5 Å². The lowest BCUT2D eigenvalue weighted by Crippen LogP contribution is -2.33. The zero-order chi connectivity index (χ0) is 14.4. The van der Waals surface area contributed by atoms with Crippen molar-refractivity contribution in [1.82, 2.24) is 4.90 Å². The lowest BCUT2D eigenvalue weighted by molar-refractivity contribution is -0.152. The number of carbonyl (C=O) groups is 2. The molecule has 19 heavy (non-hydrogen) atoms. The lowest BCUT2D eigenvalue weighted by atomic mass is 10.2. The molecule has 0 spiro atoms. The van der Waals surface area contributed by atoms with Gasteiger partial charge in [0.25, 0.3) is 0 Å². The number of halogens is 1. The molecular formula is C13H16FNO4. The average molecular weight is 269 g/mol. The maximum absolute atomic E-state index is 13.4. The van der Waals surface area contributed by atoms with E-state index in [-0.39, 0.29) is 19.0 Å². The molecule has 104 valence electrons. The second-order valence-corrected chi connectivity index (χ2v) is 4.13. The van der Waals surface area contributed by atoms with E-state index in [1.807, 2.05) is 0 Å². The molecule has 1 rings (SSSR count). The second kappa shape index (κ2) is 6.84. The van der Waals surface area contributed by atoms with Gasteiger partial charge in [-0.25, -0.2) is 9.18 Å². The molecule has 1 amide bonds. The number of amides is 1. The summed E-state index contributed by atoms with van der Waals surface area (Å²) in [5.74, 6) is -1.93. The largest absolute Gasteiger partial charge is 0.479 e. The molecule has 0 saturated heterocycles.